The highest BCUT2D eigenvalue weighted by Gasteiger charge is 2.28. The van der Waals surface area contributed by atoms with Gasteiger partial charge in [0.25, 0.3) is 0 Å². The molecule has 29 heavy (non-hydrogen) atoms. The zero-order valence-electron chi connectivity index (χ0n) is 15.3. The maximum absolute atomic E-state index is 12.8. The van der Waals surface area contributed by atoms with Crippen LogP contribution in [-0.2, 0) is 16.9 Å². The van der Waals surface area contributed by atoms with Crippen LogP contribution in [0.15, 0.2) is 47.4 Å². The number of imidazole rings is 1. The molecule has 0 fully saturated rings. The summed E-state index contributed by atoms with van der Waals surface area (Å²) in [6.45, 7) is 0. The van der Waals surface area contributed by atoms with Crippen molar-refractivity contribution in [3.63, 3.8) is 0 Å². The number of carbonyl (C=O) groups excluding carboxylic acids is 1. The van der Waals surface area contributed by atoms with Crippen molar-refractivity contribution in [1.82, 2.24) is 9.55 Å². The second kappa shape index (κ2) is 8.36. The first-order valence-electron chi connectivity index (χ1n) is 8.22. The summed E-state index contributed by atoms with van der Waals surface area (Å²) in [7, 11) is -1.09. The molecule has 152 valence electrons. The Morgan fingerprint density at radius 1 is 1.10 bits per heavy atom. The van der Waals surface area contributed by atoms with Gasteiger partial charge < -0.3 is 9.30 Å². The Bertz CT molecular complexity index is 1210. The first-order chi connectivity index (χ1) is 13.7. The molecule has 0 unspecified atom stereocenters. The van der Waals surface area contributed by atoms with Crippen molar-refractivity contribution in [2.75, 3.05) is 12.9 Å². The molecule has 3 aromatic rings. The smallest absolute Gasteiger partial charge is 0.197 e. The van der Waals surface area contributed by atoms with E-state index in [1.807, 2.05) is 0 Å². The first-order valence-corrected chi connectivity index (χ1v) is 11.0. The van der Waals surface area contributed by atoms with Gasteiger partial charge in [0, 0.05) is 18.7 Å². The molecule has 1 aromatic heterocycles. The lowest BCUT2D eigenvalue weighted by Gasteiger charge is -2.09. The number of hydrogen-bond acceptors (Lipinski definition) is 5. The van der Waals surface area contributed by atoms with Crippen molar-refractivity contribution < 1.29 is 17.9 Å². The number of benzene rings is 2. The Kier molecular flexibility index (Phi) is 6.24. The van der Waals surface area contributed by atoms with Gasteiger partial charge in [-0.1, -0.05) is 46.9 Å². The van der Waals surface area contributed by atoms with E-state index < -0.39 is 21.4 Å². The molecule has 0 amide bonds. The molecule has 0 bridgehead atoms. The van der Waals surface area contributed by atoms with Crippen LogP contribution in [0.3, 0.4) is 0 Å². The van der Waals surface area contributed by atoms with Crippen molar-refractivity contribution in [2.45, 2.75) is 4.90 Å². The highest BCUT2D eigenvalue weighted by atomic mass is 35.5. The maximum Gasteiger partial charge on any atom is 0.197 e. The number of carbonyl (C=O) groups is 1. The Hall–Kier alpha value is -2.06. The van der Waals surface area contributed by atoms with E-state index in [1.54, 1.807) is 31.3 Å². The Morgan fingerprint density at radius 2 is 1.79 bits per heavy atom. The number of sulfone groups is 1. The lowest BCUT2D eigenvalue weighted by molar-refractivity contribution is 0.101. The van der Waals surface area contributed by atoms with Crippen LogP contribution in [-0.4, -0.2) is 36.6 Å². The van der Waals surface area contributed by atoms with Gasteiger partial charge in [0.05, 0.1) is 22.1 Å². The van der Waals surface area contributed by atoms with Crippen molar-refractivity contribution >= 4 is 50.4 Å². The maximum atomic E-state index is 12.8. The third kappa shape index (κ3) is 4.28. The lowest BCUT2D eigenvalue weighted by Crippen LogP contribution is -2.19. The van der Waals surface area contributed by atoms with E-state index in [-0.39, 0.29) is 20.8 Å². The summed E-state index contributed by atoms with van der Waals surface area (Å²) in [4.78, 5) is 16.8. The average molecular weight is 474 g/mol. The number of ether oxygens (including phenoxy) is 1. The van der Waals surface area contributed by atoms with Gasteiger partial charge in [-0.25, -0.2) is 13.4 Å². The Labute approximate surface area is 182 Å². The molecule has 3 rings (SSSR count). The van der Waals surface area contributed by atoms with Crippen LogP contribution in [0.25, 0.3) is 11.4 Å². The normalized spacial score (nSPS) is 11.5. The van der Waals surface area contributed by atoms with E-state index in [2.05, 4.69) is 4.98 Å². The standard InChI is InChI=1S/C19H15Cl3N2O4S/c1-24-17(18(22)23-19(24)12-5-3-4-6-13(12)20)15(25)10-29(26,27)16-9-11(28-2)7-8-14(16)21/h3-9H,10H2,1-2H3. The van der Waals surface area contributed by atoms with Crippen LogP contribution in [0, 0.1) is 0 Å². The lowest BCUT2D eigenvalue weighted by atomic mass is 10.2. The zero-order valence-corrected chi connectivity index (χ0v) is 18.4. The number of aromatic nitrogens is 2. The van der Waals surface area contributed by atoms with Crippen molar-refractivity contribution in [1.29, 1.82) is 0 Å². The van der Waals surface area contributed by atoms with E-state index in [1.165, 1.54) is 29.9 Å². The molecule has 0 aliphatic rings. The second-order valence-corrected chi connectivity index (χ2v) is 9.22. The monoisotopic (exact) mass is 472 g/mol. The van der Waals surface area contributed by atoms with Gasteiger partial charge in [-0.05, 0) is 24.3 Å². The summed E-state index contributed by atoms with van der Waals surface area (Å²) >= 11 is 18.4. The van der Waals surface area contributed by atoms with Gasteiger partial charge in [-0.15, -0.1) is 0 Å². The summed E-state index contributed by atoms with van der Waals surface area (Å²) in [6, 6.07) is 11.1. The molecular weight excluding hydrogens is 459 g/mol. The number of rotatable bonds is 6. The minimum Gasteiger partial charge on any atom is -0.497 e. The molecule has 0 aliphatic heterocycles. The quantitative estimate of drug-likeness (QED) is 0.484. The van der Waals surface area contributed by atoms with E-state index in [0.29, 0.717) is 22.2 Å². The first kappa shape index (κ1) is 21.6. The number of hydrogen-bond donors (Lipinski definition) is 0. The van der Waals surface area contributed by atoms with Crippen LogP contribution >= 0.6 is 34.8 Å². The zero-order chi connectivity index (χ0) is 21.3. The largest absolute Gasteiger partial charge is 0.497 e. The minimum atomic E-state index is -4.06. The van der Waals surface area contributed by atoms with Crippen molar-refractivity contribution in [3.8, 4) is 17.1 Å². The average Bonchev–Trinajstić information content (AvgIpc) is 2.96. The molecule has 0 radical (unpaired) electrons. The number of nitrogens with zero attached hydrogens (tertiary/aromatic N) is 2. The van der Waals surface area contributed by atoms with Gasteiger partial charge in [0.1, 0.15) is 23.0 Å². The van der Waals surface area contributed by atoms with Gasteiger partial charge in [-0.2, -0.15) is 0 Å². The van der Waals surface area contributed by atoms with E-state index >= 15 is 0 Å². The van der Waals surface area contributed by atoms with Gasteiger partial charge in [0.15, 0.2) is 20.8 Å². The Morgan fingerprint density at radius 3 is 2.45 bits per heavy atom. The highest BCUT2D eigenvalue weighted by Crippen LogP contribution is 2.31. The van der Waals surface area contributed by atoms with Crippen LogP contribution in [0.4, 0.5) is 0 Å². The second-order valence-electron chi connectivity index (χ2n) is 6.09. The summed E-state index contributed by atoms with van der Waals surface area (Å²) in [5, 5.41) is 0.304. The van der Waals surface area contributed by atoms with Crippen molar-refractivity contribution in [2.24, 2.45) is 7.05 Å². The Balaban J connectivity index is 1.99. The predicted molar refractivity (Wildman–Crippen MR) is 113 cm³/mol. The molecule has 2 aromatic carbocycles. The fourth-order valence-corrected chi connectivity index (χ4v) is 5.12. The number of methoxy groups -OCH3 is 1. The van der Waals surface area contributed by atoms with Crippen LogP contribution in [0.5, 0.6) is 5.75 Å². The van der Waals surface area contributed by atoms with E-state index in [4.69, 9.17) is 39.5 Å². The third-order valence-electron chi connectivity index (χ3n) is 4.23. The number of halogens is 3. The van der Waals surface area contributed by atoms with Crippen LogP contribution < -0.4 is 4.74 Å². The summed E-state index contributed by atoms with van der Waals surface area (Å²) in [5.74, 6) is -0.899. The summed E-state index contributed by atoms with van der Waals surface area (Å²) < 4.78 is 32.1. The van der Waals surface area contributed by atoms with Gasteiger partial charge in [-0.3, -0.25) is 4.79 Å². The molecule has 6 nitrogen and oxygen atoms in total. The molecule has 0 atom stereocenters. The van der Waals surface area contributed by atoms with E-state index in [0.717, 1.165) is 0 Å². The van der Waals surface area contributed by atoms with Gasteiger partial charge in [0.2, 0.25) is 0 Å². The fourth-order valence-electron chi connectivity index (χ4n) is 2.82. The molecular formula is C19H15Cl3N2O4S. The van der Waals surface area contributed by atoms with Crippen LogP contribution in [0.1, 0.15) is 10.5 Å². The molecule has 0 aliphatic carbocycles. The molecule has 0 N–H and O–H groups in total. The molecule has 0 saturated heterocycles. The number of ketones is 1. The molecule has 0 spiro atoms. The van der Waals surface area contributed by atoms with Crippen molar-refractivity contribution in [3.05, 3.63) is 63.4 Å². The summed E-state index contributed by atoms with van der Waals surface area (Å²) in [5.41, 5.74) is 0.528. The van der Waals surface area contributed by atoms with E-state index in [9.17, 15) is 13.2 Å². The number of Topliss-reactive ketones (excluding diaryl/α,β-unsaturated/α-hetero) is 1. The third-order valence-corrected chi connectivity index (χ3v) is 6.91. The SMILES string of the molecule is COc1ccc(Cl)c(S(=O)(=O)CC(=O)c2c(Cl)nc(-c3ccccc3Cl)n2C)c1. The molecule has 1 heterocycles. The summed E-state index contributed by atoms with van der Waals surface area (Å²) in [6.07, 6.45) is 0. The minimum absolute atomic E-state index is 0.00791. The van der Waals surface area contributed by atoms with Crippen LogP contribution in [0.2, 0.25) is 15.2 Å². The predicted octanol–water partition coefficient (Wildman–Crippen LogP) is 4.71. The molecule has 10 heteroatoms. The fraction of sp³-hybridized carbons (Fsp3) is 0.158. The van der Waals surface area contributed by atoms with Gasteiger partial charge >= 0.3 is 0 Å². The molecule has 0 saturated carbocycles. The highest BCUT2D eigenvalue weighted by molar-refractivity contribution is 7.92. The topological polar surface area (TPSA) is 78.3 Å².